The van der Waals surface area contributed by atoms with E-state index in [4.69, 9.17) is 12.3 Å². The van der Waals surface area contributed by atoms with Crippen LogP contribution in [0.1, 0.15) is 25.6 Å². The molecule has 3 nitrogen and oxygen atoms in total. The Bertz CT molecular complexity index is 518. The van der Waals surface area contributed by atoms with Gasteiger partial charge >= 0.3 is 0 Å². The van der Waals surface area contributed by atoms with Crippen LogP contribution >= 0.6 is 15.9 Å². The first-order valence-corrected chi connectivity index (χ1v) is 3.28. The summed E-state index contributed by atoms with van der Waals surface area (Å²) in [5, 5.41) is 0. The predicted molar refractivity (Wildman–Crippen MR) is 45.5 cm³/mol. The fourth-order valence-electron chi connectivity index (χ4n) is 0.363. The molecule has 60 valence electrons. The Morgan fingerprint density at radius 3 is 3.55 bits per heavy atom. The molecule has 0 fully saturated rings. The Hall–Kier alpha value is -0.640. The zero-order valence-electron chi connectivity index (χ0n) is 14.2. The number of rotatable bonds is 3. The zero-order valence-corrected chi connectivity index (χ0v) is 6.77. The summed E-state index contributed by atoms with van der Waals surface area (Å²) in [6.07, 6.45) is -4.46. The molecule has 4 heteroatoms. The molecule has 0 spiro atoms. The first-order valence-electron chi connectivity index (χ1n) is 6.99. The van der Waals surface area contributed by atoms with Gasteiger partial charge in [0.15, 0.2) is 0 Å². The Morgan fingerprint density at radius 1 is 1.82 bits per heavy atom. The molecule has 1 aromatic rings. The van der Waals surface area contributed by atoms with Crippen LogP contribution in [0.15, 0.2) is 16.9 Å². The molecule has 0 N–H and O–H groups in total. The molecule has 0 aromatic carbocycles. The number of aromatic nitrogens is 2. The largest absolute Gasteiger partial charge is 0.477 e. The number of hydrogen-bond donors (Lipinski definition) is 0. The van der Waals surface area contributed by atoms with Crippen LogP contribution in [-0.4, -0.2) is 16.5 Å². The second kappa shape index (κ2) is 4.28. The van der Waals surface area contributed by atoms with Crippen molar-refractivity contribution in [1.82, 2.24) is 9.97 Å². The molecular formula is C7H9BrN2O. The lowest BCUT2D eigenvalue weighted by Crippen LogP contribution is -1.97. The normalized spacial score (nSPS) is 25.4. The molecule has 0 aliphatic rings. The summed E-state index contributed by atoms with van der Waals surface area (Å²) < 4.78 is 69.7. The molecule has 0 amide bonds. The zero-order chi connectivity index (χ0) is 15.9. The third-order valence-corrected chi connectivity index (χ3v) is 1.05. The number of ether oxygens (including phenoxy) is 1. The SMILES string of the molecule is [2H]c1nc(OC([2H])([2H])C([2H])([2H])C([2H])([2H])[2H])c([2H])nc1Br. The van der Waals surface area contributed by atoms with Crippen molar-refractivity contribution in [3.63, 3.8) is 0 Å². The molecule has 1 aromatic heterocycles. The van der Waals surface area contributed by atoms with E-state index in [1.54, 1.807) is 0 Å². The van der Waals surface area contributed by atoms with Gasteiger partial charge in [0.1, 0.15) is 4.60 Å². The van der Waals surface area contributed by atoms with Gasteiger partial charge in [-0.1, -0.05) is 6.85 Å². The van der Waals surface area contributed by atoms with Gasteiger partial charge in [0.25, 0.3) is 0 Å². The molecule has 0 atom stereocenters. The quantitative estimate of drug-likeness (QED) is 0.790. The fraction of sp³-hybridized carbons (Fsp3) is 0.429. The minimum Gasteiger partial charge on any atom is -0.477 e. The molecule has 11 heavy (non-hydrogen) atoms. The van der Waals surface area contributed by atoms with E-state index in [1.165, 1.54) is 0 Å². The fourth-order valence-corrected chi connectivity index (χ4v) is 0.541. The summed E-state index contributed by atoms with van der Waals surface area (Å²) in [5.74, 6) is -0.767. The van der Waals surface area contributed by atoms with Gasteiger partial charge in [-0.3, -0.25) is 0 Å². The average molecular weight is 226 g/mol. The highest BCUT2D eigenvalue weighted by Crippen LogP contribution is 2.07. The standard InChI is InChI=1S/C7H9BrN2O/c1-2-3-11-7-5-9-6(8)4-10-7/h4-5H,2-3H2,1H3/i1D3,2D2,3D2,4D,5D. The minimum absolute atomic E-state index is 0.0748. The van der Waals surface area contributed by atoms with Crippen molar-refractivity contribution in [2.75, 3.05) is 6.56 Å². The van der Waals surface area contributed by atoms with Crippen LogP contribution in [0.5, 0.6) is 5.88 Å². The van der Waals surface area contributed by atoms with Crippen LogP contribution in [-0.2, 0) is 0 Å². The van der Waals surface area contributed by atoms with E-state index in [-0.39, 0.29) is 4.60 Å². The minimum atomic E-state index is -3.34. The molecule has 0 saturated carbocycles. The summed E-state index contributed by atoms with van der Waals surface area (Å²) in [4.78, 5) is 6.89. The Morgan fingerprint density at radius 2 is 2.73 bits per heavy atom. The van der Waals surface area contributed by atoms with E-state index in [1.807, 2.05) is 0 Å². The van der Waals surface area contributed by atoms with Gasteiger partial charge in [0.05, 0.1) is 24.4 Å². The van der Waals surface area contributed by atoms with E-state index in [2.05, 4.69) is 30.6 Å². The first kappa shape index (κ1) is 2.42. The first-order chi connectivity index (χ1) is 8.79. The van der Waals surface area contributed by atoms with E-state index in [0.717, 1.165) is 0 Å². The van der Waals surface area contributed by atoms with Crippen LogP contribution in [0.4, 0.5) is 0 Å². The van der Waals surface area contributed by atoms with Crippen molar-refractivity contribution >= 4 is 15.9 Å². The van der Waals surface area contributed by atoms with Gasteiger partial charge in [-0.25, -0.2) is 9.97 Å². The van der Waals surface area contributed by atoms with Crippen molar-refractivity contribution in [3.8, 4) is 5.88 Å². The number of hydrogen-bond acceptors (Lipinski definition) is 3. The van der Waals surface area contributed by atoms with Gasteiger partial charge < -0.3 is 4.74 Å². The van der Waals surface area contributed by atoms with E-state index in [0.29, 0.717) is 0 Å². The number of halogens is 1. The summed E-state index contributed by atoms with van der Waals surface area (Å²) >= 11 is 2.84. The molecule has 0 unspecified atom stereocenters. The summed E-state index contributed by atoms with van der Waals surface area (Å²) in [6, 6.07) is 0. The van der Waals surface area contributed by atoms with Crippen LogP contribution in [0.3, 0.4) is 0 Å². The Balaban J connectivity index is 3.18. The lowest BCUT2D eigenvalue weighted by molar-refractivity contribution is 0.303. The highest BCUT2D eigenvalue weighted by Gasteiger charge is 1.93. The predicted octanol–water partition coefficient (Wildman–Crippen LogP) is 2.03. The van der Waals surface area contributed by atoms with Crippen molar-refractivity contribution in [1.29, 1.82) is 0 Å². The molecule has 0 saturated heterocycles. The average Bonchev–Trinajstić information content (AvgIpc) is 2.23. The van der Waals surface area contributed by atoms with Crippen molar-refractivity contribution < 1.29 is 17.1 Å². The topological polar surface area (TPSA) is 35.0 Å². The Labute approximate surface area is 86.6 Å². The highest BCUT2D eigenvalue weighted by molar-refractivity contribution is 9.10. The summed E-state index contributed by atoms with van der Waals surface area (Å²) in [7, 11) is 0. The highest BCUT2D eigenvalue weighted by atomic mass is 79.9. The third-order valence-electron chi connectivity index (χ3n) is 0.698. The van der Waals surface area contributed by atoms with Crippen LogP contribution in [0.25, 0.3) is 0 Å². The van der Waals surface area contributed by atoms with Crippen molar-refractivity contribution in [3.05, 3.63) is 16.9 Å². The van der Waals surface area contributed by atoms with Gasteiger partial charge in [0, 0.05) is 6.85 Å². The lowest BCUT2D eigenvalue weighted by Gasteiger charge is -2.00. The lowest BCUT2D eigenvalue weighted by atomic mass is 10.5. The summed E-state index contributed by atoms with van der Waals surface area (Å²) in [6.45, 7) is -6.58. The van der Waals surface area contributed by atoms with Crippen LogP contribution in [0.2, 0.25) is 0 Å². The molecular weight excluding hydrogens is 208 g/mol. The molecule has 0 radical (unpaired) electrons. The van der Waals surface area contributed by atoms with E-state index < -0.39 is 38.0 Å². The van der Waals surface area contributed by atoms with Crippen molar-refractivity contribution in [2.45, 2.75) is 13.2 Å². The maximum Gasteiger partial charge on any atom is 0.232 e. The maximum absolute atomic E-state index is 7.43. The molecule has 0 bridgehead atoms. The monoisotopic (exact) mass is 225 g/mol. The maximum atomic E-state index is 7.43. The van der Waals surface area contributed by atoms with E-state index >= 15 is 0 Å². The molecule has 0 aliphatic carbocycles. The van der Waals surface area contributed by atoms with Gasteiger partial charge in [-0.15, -0.1) is 0 Å². The van der Waals surface area contributed by atoms with E-state index in [9.17, 15) is 0 Å². The molecule has 1 rings (SSSR count). The smallest absolute Gasteiger partial charge is 0.232 e. The van der Waals surface area contributed by atoms with Crippen LogP contribution < -0.4 is 4.74 Å². The van der Waals surface area contributed by atoms with Crippen LogP contribution in [0, 0.1) is 0 Å². The second-order valence-electron chi connectivity index (χ2n) is 1.37. The van der Waals surface area contributed by atoms with Gasteiger partial charge in [-0.2, -0.15) is 0 Å². The summed E-state index contributed by atoms with van der Waals surface area (Å²) in [5.41, 5.74) is 0. The van der Waals surface area contributed by atoms with Crippen molar-refractivity contribution in [2.24, 2.45) is 0 Å². The second-order valence-corrected chi connectivity index (χ2v) is 2.12. The Kier molecular flexibility index (Phi) is 0.943. The van der Waals surface area contributed by atoms with Gasteiger partial charge in [-0.05, 0) is 22.3 Å². The number of nitrogens with zero attached hydrogens (tertiary/aromatic N) is 2. The molecule has 1 heterocycles. The van der Waals surface area contributed by atoms with Gasteiger partial charge in [0.2, 0.25) is 5.88 Å². The molecule has 0 aliphatic heterocycles. The third kappa shape index (κ3) is 2.84.